The van der Waals surface area contributed by atoms with Crippen molar-refractivity contribution in [2.45, 2.75) is 19.3 Å². The number of hydrogen-bond acceptors (Lipinski definition) is 3. The third-order valence-electron chi connectivity index (χ3n) is 2.25. The van der Waals surface area contributed by atoms with E-state index in [1.54, 1.807) is 0 Å². The monoisotopic (exact) mass is 206 g/mol. The second-order valence-electron chi connectivity index (χ2n) is 3.19. The van der Waals surface area contributed by atoms with Crippen molar-refractivity contribution >= 4 is 22.3 Å². The van der Waals surface area contributed by atoms with Gasteiger partial charge in [0.2, 0.25) is 0 Å². The summed E-state index contributed by atoms with van der Waals surface area (Å²) in [5.41, 5.74) is 12.4. The molecular weight excluding hydrogens is 196 g/mol. The van der Waals surface area contributed by atoms with E-state index in [4.69, 9.17) is 16.7 Å². The molecule has 0 atom stereocenters. The number of nitriles is 1. The molecule has 0 radical (unpaired) electrons. The van der Waals surface area contributed by atoms with Crippen molar-refractivity contribution < 1.29 is 0 Å². The molecule has 1 aliphatic carbocycles. The molecule has 0 bridgehead atoms. The summed E-state index contributed by atoms with van der Waals surface area (Å²) in [6, 6.07) is 2.17. The highest BCUT2D eigenvalue weighted by molar-refractivity contribution is 7.16. The highest BCUT2D eigenvalue weighted by Crippen LogP contribution is 2.39. The normalized spacial score (nSPS) is 13.4. The molecule has 0 spiro atoms. The van der Waals surface area contributed by atoms with Crippen LogP contribution in [-0.4, -0.2) is 5.96 Å². The predicted molar refractivity (Wildman–Crippen MR) is 56.5 cm³/mol. The van der Waals surface area contributed by atoms with E-state index in [2.05, 4.69) is 11.1 Å². The summed E-state index contributed by atoms with van der Waals surface area (Å²) in [5.74, 6) is 0.0152. The van der Waals surface area contributed by atoms with E-state index in [0.717, 1.165) is 24.8 Å². The SMILES string of the molecule is N#Cc1c(N=C(N)N)sc2c1CCC2. The smallest absolute Gasteiger partial charge is 0.192 e. The Hall–Kier alpha value is -1.54. The molecular formula is C9H10N4S. The predicted octanol–water partition coefficient (Wildman–Crippen LogP) is 1.01. The second-order valence-corrected chi connectivity index (χ2v) is 4.27. The van der Waals surface area contributed by atoms with Gasteiger partial charge in [-0.2, -0.15) is 5.26 Å². The number of fused-ring (bicyclic) bond motifs is 1. The summed E-state index contributed by atoms with van der Waals surface area (Å²) in [6.45, 7) is 0. The molecule has 0 aromatic carbocycles. The van der Waals surface area contributed by atoms with Crippen LogP contribution in [0.4, 0.5) is 5.00 Å². The maximum Gasteiger partial charge on any atom is 0.192 e. The molecule has 4 N–H and O–H groups in total. The van der Waals surface area contributed by atoms with E-state index in [0.29, 0.717) is 10.6 Å². The number of aliphatic imine (C=N–C) groups is 1. The maximum absolute atomic E-state index is 8.99. The van der Waals surface area contributed by atoms with Crippen molar-refractivity contribution in [3.63, 3.8) is 0 Å². The molecule has 14 heavy (non-hydrogen) atoms. The fourth-order valence-electron chi connectivity index (χ4n) is 1.70. The zero-order chi connectivity index (χ0) is 10.1. The average Bonchev–Trinajstić information content (AvgIpc) is 2.62. The first-order valence-electron chi connectivity index (χ1n) is 4.36. The van der Waals surface area contributed by atoms with Gasteiger partial charge < -0.3 is 11.5 Å². The van der Waals surface area contributed by atoms with Gasteiger partial charge in [-0.25, -0.2) is 4.99 Å². The number of aryl methyl sites for hydroxylation is 1. The van der Waals surface area contributed by atoms with Crippen molar-refractivity contribution in [2.75, 3.05) is 0 Å². The molecule has 72 valence electrons. The lowest BCUT2D eigenvalue weighted by molar-refractivity contribution is 0.913. The van der Waals surface area contributed by atoms with Crippen LogP contribution >= 0.6 is 11.3 Å². The van der Waals surface area contributed by atoms with Crippen LogP contribution in [0.15, 0.2) is 4.99 Å². The summed E-state index contributed by atoms with van der Waals surface area (Å²) in [4.78, 5) is 5.23. The molecule has 0 unspecified atom stereocenters. The Balaban J connectivity index is 2.53. The molecule has 0 saturated carbocycles. The number of guanidine groups is 1. The summed E-state index contributed by atoms with van der Waals surface area (Å²) >= 11 is 1.53. The number of hydrogen-bond donors (Lipinski definition) is 2. The van der Waals surface area contributed by atoms with Gasteiger partial charge in [0, 0.05) is 4.88 Å². The van der Waals surface area contributed by atoms with E-state index in [1.165, 1.54) is 16.2 Å². The highest BCUT2D eigenvalue weighted by atomic mass is 32.1. The molecule has 0 saturated heterocycles. The van der Waals surface area contributed by atoms with Crippen LogP contribution in [0.25, 0.3) is 0 Å². The number of nitrogens with two attached hydrogens (primary N) is 2. The number of nitrogens with zero attached hydrogens (tertiary/aromatic N) is 2. The first kappa shape index (κ1) is 9.03. The van der Waals surface area contributed by atoms with Crippen LogP contribution in [0.3, 0.4) is 0 Å². The van der Waals surface area contributed by atoms with Crippen molar-refractivity contribution in [2.24, 2.45) is 16.5 Å². The largest absolute Gasteiger partial charge is 0.370 e. The van der Waals surface area contributed by atoms with Crippen LogP contribution in [0.5, 0.6) is 0 Å². The lowest BCUT2D eigenvalue weighted by Crippen LogP contribution is -2.21. The Morgan fingerprint density at radius 1 is 1.43 bits per heavy atom. The molecule has 0 amide bonds. The van der Waals surface area contributed by atoms with Crippen LogP contribution in [0.1, 0.15) is 22.4 Å². The summed E-state index contributed by atoms with van der Waals surface area (Å²) in [5, 5.41) is 9.65. The lowest BCUT2D eigenvalue weighted by atomic mass is 10.1. The second kappa shape index (κ2) is 3.31. The number of thiophene rings is 1. The summed E-state index contributed by atoms with van der Waals surface area (Å²) in [6.07, 6.45) is 3.17. The van der Waals surface area contributed by atoms with E-state index < -0.39 is 0 Å². The van der Waals surface area contributed by atoms with Gasteiger partial charge in [-0.1, -0.05) is 0 Å². The molecule has 2 rings (SSSR count). The zero-order valence-corrected chi connectivity index (χ0v) is 8.40. The first-order valence-corrected chi connectivity index (χ1v) is 5.18. The molecule has 4 nitrogen and oxygen atoms in total. The molecule has 0 fully saturated rings. The quantitative estimate of drug-likeness (QED) is 0.531. The minimum atomic E-state index is 0.0152. The zero-order valence-electron chi connectivity index (χ0n) is 7.58. The average molecular weight is 206 g/mol. The van der Waals surface area contributed by atoms with Crippen molar-refractivity contribution in [1.29, 1.82) is 5.26 Å². The minimum absolute atomic E-state index is 0.0152. The molecule has 1 heterocycles. The van der Waals surface area contributed by atoms with E-state index >= 15 is 0 Å². The van der Waals surface area contributed by atoms with Gasteiger partial charge in [-0.3, -0.25) is 0 Å². The minimum Gasteiger partial charge on any atom is -0.370 e. The first-order chi connectivity index (χ1) is 6.72. The number of rotatable bonds is 1. The Labute approximate surface area is 85.9 Å². The fraction of sp³-hybridized carbons (Fsp3) is 0.333. The molecule has 0 aliphatic heterocycles. The third-order valence-corrected chi connectivity index (χ3v) is 3.43. The van der Waals surface area contributed by atoms with Crippen LogP contribution in [0.2, 0.25) is 0 Å². The Bertz CT molecular complexity index is 434. The molecule has 5 heteroatoms. The standard InChI is InChI=1S/C9H10N4S/c10-4-6-5-2-1-3-7(5)14-8(6)13-9(11)12/h1-3H2,(H4,11,12,13). The van der Waals surface area contributed by atoms with Gasteiger partial charge in [0.05, 0.1) is 5.56 Å². The van der Waals surface area contributed by atoms with Gasteiger partial charge in [0.25, 0.3) is 0 Å². The van der Waals surface area contributed by atoms with Crippen LogP contribution in [-0.2, 0) is 12.8 Å². The van der Waals surface area contributed by atoms with Gasteiger partial charge in [-0.15, -0.1) is 11.3 Å². The summed E-state index contributed by atoms with van der Waals surface area (Å²) < 4.78 is 0. The van der Waals surface area contributed by atoms with Gasteiger partial charge >= 0.3 is 0 Å². The van der Waals surface area contributed by atoms with Gasteiger partial charge in [-0.05, 0) is 24.8 Å². The van der Waals surface area contributed by atoms with Crippen molar-refractivity contribution in [3.8, 4) is 6.07 Å². The fourth-order valence-corrected chi connectivity index (χ4v) is 2.93. The van der Waals surface area contributed by atoms with Crippen LogP contribution in [0, 0.1) is 11.3 Å². The molecule has 1 aromatic rings. The summed E-state index contributed by atoms with van der Waals surface area (Å²) in [7, 11) is 0. The van der Waals surface area contributed by atoms with Crippen molar-refractivity contribution in [1.82, 2.24) is 0 Å². The third kappa shape index (κ3) is 1.34. The van der Waals surface area contributed by atoms with Gasteiger partial charge in [0.15, 0.2) is 5.96 Å². The Morgan fingerprint density at radius 3 is 2.86 bits per heavy atom. The molecule has 1 aromatic heterocycles. The van der Waals surface area contributed by atoms with Gasteiger partial charge in [0.1, 0.15) is 11.1 Å². The molecule has 1 aliphatic rings. The maximum atomic E-state index is 8.99. The Kier molecular flexibility index (Phi) is 2.14. The topological polar surface area (TPSA) is 88.2 Å². The highest BCUT2D eigenvalue weighted by Gasteiger charge is 2.21. The van der Waals surface area contributed by atoms with E-state index in [9.17, 15) is 0 Å². The lowest BCUT2D eigenvalue weighted by Gasteiger charge is -1.92. The van der Waals surface area contributed by atoms with Crippen molar-refractivity contribution in [3.05, 3.63) is 16.0 Å². The van der Waals surface area contributed by atoms with E-state index in [1.807, 2.05) is 0 Å². The Morgan fingerprint density at radius 2 is 2.21 bits per heavy atom. The van der Waals surface area contributed by atoms with Crippen LogP contribution < -0.4 is 11.5 Å². The van der Waals surface area contributed by atoms with E-state index in [-0.39, 0.29) is 5.96 Å².